The number of hydrogen-bond donors (Lipinski definition) is 0. The Morgan fingerprint density at radius 1 is 0.733 bits per heavy atom. The van der Waals surface area contributed by atoms with Crippen molar-refractivity contribution in [2.45, 2.75) is 32.9 Å². The zero-order valence-electron chi connectivity index (χ0n) is 24.6. The third-order valence-electron chi connectivity index (χ3n) is 7.35. The van der Waals surface area contributed by atoms with E-state index in [0.717, 1.165) is 55.4 Å². The number of nitrogens with zero attached hydrogens (tertiary/aromatic N) is 3. The first-order valence-corrected chi connectivity index (χ1v) is 14.3. The summed E-state index contributed by atoms with van der Waals surface area (Å²) in [5.41, 5.74) is 7.13. The second-order valence-electron chi connectivity index (χ2n) is 10.7. The molecule has 0 spiro atoms. The van der Waals surface area contributed by atoms with Crippen LogP contribution >= 0.6 is 0 Å². The van der Waals surface area contributed by atoms with Gasteiger partial charge in [0, 0.05) is 48.9 Å². The summed E-state index contributed by atoms with van der Waals surface area (Å²) in [6.07, 6.45) is -3.12. The predicted molar refractivity (Wildman–Crippen MR) is 171 cm³/mol. The van der Waals surface area contributed by atoms with Gasteiger partial charge in [-0.3, -0.25) is 15.0 Å². The van der Waals surface area contributed by atoms with Crippen LogP contribution < -0.4 is 0 Å². The van der Waals surface area contributed by atoms with Crippen molar-refractivity contribution in [1.82, 2.24) is 15.0 Å². The minimum atomic E-state index is -4.15. The average molecular weight is 776 g/mol. The van der Waals surface area contributed by atoms with Crippen LogP contribution in [-0.2, 0) is 26.5 Å². The molecule has 0 bridgehead atoms. The van der Waals surface area contributed by atoms with Crippen LogP contribution in [-0.4, -0.2) is 21.1 Å². The molecule has 0 saturated carbocycles. The number of hydrogen-bond acceptors (Lipinski definition) is 3. The van der Waals surface area contributed by atoms with Crippen molar-refractivity contribution >= 4 is 32.6 Å². The summed E-state index contributed by atoms with van der Waals surface area (Å²) in [4.78, 5) is 13.8. The van der Waals surface area contributed by atoms with Crippen molar-refractivity contribution in [3.05, 3.63) is 138 Å². The van der Waals surface area contributed by atoms with Crippen molar-refractivity contribution in [3.8, 4) is 22.6 Å². The maximum atomic E-state index is 12.5. The summed E-state index contributed by atoms with van der Waals surface area (Å²) in [6, 6.07) is 39.8. The van der Waals surface area contributed by atoms with E-state index in [4.69, 9.17) is 4.98 Å². The van der Waals surface area contributed by atoms with Crippen LogP contribution in [0.5, 0.6) is 0 Å². The molecule has 7 heteroatoms. The van der Waals surface area contributed by atoms with Crippen molar-refractivity contribution in [1.29, 1.82) is 0 Å². The van der Waals surface area contributed by atoms with E-state index in [1.807, 2.05) is 86.8 Å². The molecule has 3 nitrogen and oxygen atoms in total. The van der Waals surface area contributed by atoms with E-state index in [1.165, 1.54) is 5.39 Å². The molecule has 0 aliphatic rings. The van der Waals surface area contributed by atoms with E-state index < -0.39 is 12.6 Å². The number of aromatic nitrogens is 3. The molecule has 1 radical (unpaired) electrons. The molecule has 227 valence electrons. The van der Waals surface area contributed by atoms with Crippen molar-refractivity contribution < 1.29 is 33.3 Å². The van der Waals surface area contributed by atoms with Gasteiger partial charge in [-0.2, -0.15) is 13.2 Å². The Bertz CT molecular complexity index is 2070. The Morgan fingerprint density at radius 2 is 1.53 bits per heavy atom. The number of pyridine rings is 1. The number of benzene rings is 5. The summed E-state index contributed by atoms with van der Waals surface area (Å²) in [5.74, 6) is 0.717. The van der Waals surface area contributed by atoms with Gasteiger partial charge in [-0.1, -0.05) is 74.5 Å². The van der Waals surface area contributed by atoms with Gasteiger partial charge < -0.3 is 0 Å². The van der Waals surface area contributed by atoms with Crippen LogP contribution in [0.25, 0.3) is 55.2 Å². The van der Waals surface area contributed by atoms with Crippen LogP contribution in [0, 0.1) is 26.0 Å². The zero-order chi connectivity index (χ0) is 30.7. The summed E-state index contributed by atoms with van der Waals surface area (Å²) in [5, 5.41) is 4.18. The van der Waals surface area contributed by atoms with Gasteiger partial charge in [0.2, 0.25) is 0 Å². The summed E-state index contributed by atoms with van der Waals surface area (Å²) in [7, 11) is 0. The van der Waals surface area contributed by atoms with Gasteiger partial charge >= 0.3 is 6.18 Å². The quantitative estimate of drug-likeness (QED) is 0.132. The van der Waals surface area contributed by atoms with Crippen LogP contribution in [0.2, 0.25) is 0 Å². The van der Waals surface area contributed by atoms with E-state index in [1.54, 1.807) is 12.1 Å². The molecule has 2 aromatic heterocycles. The van der Waals surface area contributed by atoms with Gasteiger partial charge in [-0.05, 0) is 29.1 Å². The molecular weight excluding hydrogens is 748 g/mol. The molecule has 7 aromatic rings. The van der Waals surface area contributed by atoms with Crippen LogP contribution in [0.4, 0.5) is 13.2 Å². The third kappa shape index (κ3) is 7.62. The molecule has 0 aliphatic heterocycles. The first-order chi connectivity index (χ1) is 21.2. The molecule has 0 atom stereocenters. The van der Waals surface area contributed by atoms with Gasteiger partial charge in [0.15, 0.2) is 0 Å². The standard InChI is InChI=1S/C20H17F3N.C18H11N2.Ir/c1-13-10-14(2)12-16(11-13)18-7-6-17-15(8-9-20(21,22)23)4-3-5-19(17)24-18;1-2-7-14(8-3-1)18-19-12-15-11-10-13-6-4-5-9-16(13)17(15)20-18;/h3-7,10-11H,8-9H2,1-2H3;1-7,9-12H;/q2*-1;. The fourth-order valence-corrected chi connectivity index (χ4v) is 5.33. The molecule has 0 fully saturated rings. The number of alkyl halides is 3. The Morgan fingerprint density at radius 3 is 2.31 bits per heavy atom. The molecule has 7 rings (SSSR count). The van der Waals surface area contributed by atoms with E-state index in [2.05, 4.69) is 46.4 Å². The topological polar surface area (TPSA) is 38.7 Å². The molecule has 0 amide bonds. The SMILES string of the molecule is Cc1[c-]c(-c2ccc3c(CCC(F)(F)F)cccc3n2)cc(C)c1.[Ir].[c-]1ccccc1-c1ncc2ccc3ccccc3c2n1. The van der Waals surface area contributed by atoms with E-state index >= 15 is 0 Å². The fourth-order valence-electron chi connectivity index (χ4n) is 5.33. The number of halogens is 3. The largest absolute Gasteiger partial charge is 0.389 e. The summed E-state index contributed by atoms with van der Waals surface area (Å²) >= 11 is 0. The molecule has 2 heterocycles. The second kappa shape index (κ2) is 13.7. The van der Waals surface area contributed by atoms with Crippen LogP contribution in [0.15, 0.2) is 109 Å². The Kier molecular flexibility index (Phi) is 9.71. The van der Waals surface area contributed by atoms with E-state index in [0.29, 0.717) is 11.1 Å². The first kappa shape index (κ1) is 32.0. The Labute approximate surface area is 273 Å². The normalized spacial score (nSPS) is 11.2. The van der Waals surface area contributed by atoms with Crippen molar-refractivity contribution in [3.63, 3.8) is 0 Å². The maximum Gasteiger partial charge on any atom is 0.389 e. The van der Waals surface area contributed by atoms with Crippen LogP contribution in [0.1, 0.15) is 23.1 Å². The zero-order valence-corrected chi connectivity index (χ0v) is 27.0. The summed E-state index contributed by atoms with van der Waals surface area (Å²) < 4.78 is 37.4. The molecule has 0 unspecified atom stereocenters. The molecule has 45 heavy (non-hydrogen) atoms. The predicted octanol–water partition coefficient (Wildman–Crippen LogP) is 10.1. The van der Waals surface area contributed by atoms with Crippen molar-refractivity contribution in [2.24, 2.45) is 0 Å². The Hall–Kier alpha value is -4.45. The minimum Gasteiger partial charge on any atom is -0.296 e. The van der Waals surface area contributed by atoms with Gasteiger partial charge in [0.05, 0.1) is 16.9 Å². The van der Waals surface area contributed by atoms with Gasteiger partial charge in [-0.25, -0.2) is 0 Å². The monoisotopic (exact) mass is 776 g/mol. The minimum absolute atomic E-state index is 0. The molecule has 0 N–H and O–H groups in total. The van der Waals surface area contributed by atoms with E-state index in [-0.39, 0.29) is 26.5 Å². The third-order valence-corrected chi connectivity index (χ3v) is 7.35. The molecule has 0 aliphatic carbocycles. The number of aryl methyl sites for hydroxylation is 3. The van der Waals surface area contributed by atoms with E-state index in [9.17, 15) is 13.2 Å². The number of fused-ring (bicyclic) bond motifs is 4. The smallest absolute Gasteiger partial charge is 0.296 e. The number of rotatable bonds is 4. The molecule has 5 aromatic carbocycles. The van der Waals surface area contributed by atoms with Gasteiger partial charge in [0.25, 0.3) is 0 Å². The Balaban J connectivity index is 0.000000176. The van der Waals surface area contributed by atoms with Crippen LogP contribution in [0.3, 0.4) is 0 Å². The maximum absolute atomic E-state index is 12.5. The van der Waals surface area contributed by atoms with Crippen molar-refractivity contribution in [2.75, 3.05) is 0 Å². The molecule has 0 saturated heterocycles. The van der Waals surface area contributed by atoms with Gasteiger partial charge in [0.1, 0.15) is 0 Å². The molecular formula is C38H28F3IrN3-2. The average Bonchev–Trinajstić information content (AvgIpc) is 3.03. The fraction of sp³-hybridized carbons (Fsp3) is 0.132. The first-order valence-electron chi connectivity index (χ1n) is 14.3. The second-order valence-corrected chi connectivity index (χ2v) is 10.7. The van der Waals surface area contributed by atoms with Gasteiger partial charge in [-0.15, -0.1) is 70.8 Å². The summed E-state index contributed by atoms with van der Waals surface area (Å²) in [6.45, 7) is 3.99.